The van der Waals surface area contributed by atoms with Crippen molar-refractivity contribution in [3.63, 3.8) is 0 Å². The fraction of sp³-hybridized carbons (Fsp3) is 0.222. The first-order valence-corrected chi connectivity index (χ1v) is 4.63. The minimum atomic E-state index is -0.541. The van der Waals surface area contributed by atoms with E-state index in [-0.39, 0.29) is 0 Å². The van der Waals surface area contributed by atoms with E-state index in [0.29, 0.717) is 15.7 Å². The van der Waals surface area contributed by atoms with Crippen LogP contribution in [0.15, 0.2) is 18.2 Å². The molecule has 0 unspecified atom stereocenters. The maximum atomic E-state index is 11.1. The molecule has 1 N–H and O–H groups in total. The SMILES string of the molecule is CN(C(=O)CO)c1cc(Cl)cc(Cl)c1. The van der Waals surface area contributed by atoms with Gasteiger partial charge in [0.15, 0.2) is 0 Å². The van der Waals surface area contributed by atoms with Crippen LogP contribution in [0.4, 0.5) is 5.69 Å². The number of carbonyl (C=O) groups excluding carboxylic acids is 1. The molecule has 1 aromatic rings. The molecule has 0 saturated carbocycles. The summed E-state index contributed by atoms with van der Waals surface area (Å²) in [5, 5.41) is 9.55. The van der Waals surface area contributed by atoms with Crippen molar-refractivity contribution < 1.29 is 9.90 Å². The van der Waals surface area contributed by atoms with Gasteiger partial charge in [0.05, 0.1) is 0 Å². The van der Waals surface area contributed by atoms with Gasteiger partial charge in [-0.25, -0.2) is 0 Å². The average Bonchev–Trinajstić information content (AvgIpc) is 2.14. The molecular formula is C9H9Cl2NO2. The monoisotopic (exact) mass is 233 g/mol. The number of likely N-dealkylation sites (N-methyl/N-ethyl adjacent to an activating group) is 1. The number of amides is 1. The Hall–Kier alpha value is -0.770. The molecule has 0 heterocycles. The van der Waals surface area contributed by atoms with Gasteiger partial charge < -0.3 is 10.0 Å². The third-order valence-electron chi connectivity index (χ3n) is 1.74. The number of benzene rings is 1. The molecule has 1 rings (SSSR count). The molecule has 0 fully saturated rings. The molecule has 1 aromatic carbocycles. The largest absolute Gasteiger partial charge is 0.387 e. The highest BCUT2D eigenvalue weighted by Gasteiger charge is 2.10. The molecule has 76 valence electrons. The standard InChI is InChI=1S/C9H9Cl2NO2/c1-12(9(14)5-13)8-3-6(10)2-7(11)4-8/h2-4,13H,5H2,1H3. The zero-order valence-corrected chi connectivity index (χ0v) is 9.01. The number of halogens is 2. The lowest BCUT2D eigenvalue weighted by molar-refractivity contribution is -0.120. The van der Waals surface area contributed by atoms with Crippen LogP contribution in [0, 0.1) is 0 Å². The molecule has 0 aliphatic rings. The second-order valence-corrected chi connectivity index (χ2v) is 3.61. The van der Waals surface area contributed by atoms with Gasteiger partial charge in [-0.05, 0) is 18.2 Å². The van der Waals surface area contributed by atoms with Crippen molar-refractivity contribution in [3.8, 4) is 0 Å². The number of hydrogen-bond acceptors (Lipinski definition) is 2. The van der Waals surface area contributed by atoms with Crippen LogP contribution in [0.25, 0.3) is 0 Å². The summed E-state index contributed by atoms with van der Waals surface area (Å²) in [5.41, 5.74) is 0.557. The Morgan fingerprint density at radius 2 is 1.86 bits per heavy atom. The van der Waals surface area contributed by atoms with Crippen LogP contribution < -0.4 is 4.90 Å². The van der Waals surface area contributed by atoms with Crippen molar-refractivity contribution >= 4 is 34.8 Å². The molecule has 0 saturated heterocycles. The number of rotatable bonds is 2. The molecule has 0 aromatic heterocycles. The van der Waals surface area contributed by atoms with Crippen LogP contribution in [0.3, 0.4) is 0 Å². The summed E-state index contributed by atoms with van der Waals surface area (Å²) in [6, 6.07) is 4.77. The fourth-order valence-electron chi connectivity index (χ4n) is 0.983. The molecule has 0 spiro atoms. The third-order valence-corrected chi connectivity index (χ3v) is 2.18. The van der Waals surface area contributed by atoms with Crippen LogP contribution in [-0.2, 0) is 4.79 Å². The first-order chi connectivity index (χ1) is 6.54. The first kappa shape index (κ1) is 11.3. The normalized spacial score (nSPS) is 10.0. The van der Waals surface area contributed by atoms with Crippen molar-refractivity contribution in [2.45, 2.75) is 0 Å². The van der Waals surface area contributed by atoms with Gasteiger partial charge >= 0.3 is 0 Å². The van der Waals surface area contributed by atoms with Crippen LogP contribution >= 0.6 is 23.2 Å². The fourth-order valence-corrected chi connectivity index (χ4v) is 1.50. The van der Waals surface area contributed by atoms with Crippen LogP contribution in [-0.4, -0.2) is 24.7 Å². The number of nitrogens with zero attached hydrogens (tertiary/aromatic N) is 1. The zero-order chi connectivity index (χ0) is 10.7. The number of aliphatic hydroxyl groups is 1. The molecule has 1 amide bonds. The van der Waals surface area contributed by atoms with Crippen molar-refractivity contribution in [2.75, 3.05) is 18.6 Å². The topological polar surface area (TPSA) is 40.5 Å². The van der Waals surface area contributed by atoms with Crippen molar-refractivity contribution in [3.05, 3.63) is 28.2 Å². The highest BCUT2D eigenvalue weighted by molar-refractivity contribution is 6.35. The Bertz CT molecular complexity index is 334. The van der Waals surface area contributed by atoms with Gasteiger partial charge in [-0.15, -0.1) is 0 Å². The number of anilines is 1. The summed E-state index contributed by atoms with van der Waals surface area (Å²) in [5.74, 6) is -0.414. The van der Waals surface area contributed by atoms with E-state index in [9.17, 15) is 4.79 Å². The zero-order valence-electron chi connectivity index (χ0n) is 7.50. The molecule has 0 radical (unpaired) electrons. The van der Waals surface area contributed by atoms with Crippen molar-refractivity contribution in [1.29, 1.82) is 0 Å². The van der Waals surface area contributed by atoms with E-state index in [0.717, 1.165) is 0 Å². The van der Waals surface area contributed by atoms with Gasteiger partial charge in [0.2, 0.25) is 0 Å². The van der Waals surface area contributed by atoms with E-state index in [2.05, 4.69) is 0 Å². The molecule has 0 bridgehead atoms. The van der Waals surface area contributed by atoms with Crippen LogP contribution in [0.1, 0.15) is 0 Å². The van der Waals surface area contributed by atoms with E-state index in [1.807, 2.05) is 0 Å². The summed E-state index contributed by atoms with van der Waals surface area (Å²) in [7, 11) is 1.54. The van der Waals surface area contributed by atoms with Gasteiger partial charge in [-0.2, -0.15) is 0 Å². The van der Waals surface area contributed by atoms with E-state index in [1.165, 1.54) is 4.90 Å². The second-order valence-electron chi connectivity index (χ2n) is 2.74. The maximum absolute atomic E-state index is 11.1. The lowest BCUT2D eigenvalue weighted by Crippen LogP contribution is -2.28. The molecule has 5 heteroatoms. The second kappa shape index (κ2) is 4.64. The summed E-state index contributed by atoms with van der Waals surface area (Å²) >= 11 is 11.5. The Labute approximate surface area is 91.8 Å². The van der Waals surface area contributed by atoms with Crippen LogP contribution in [0.2, 0.25) is 10.0 Å². The predicted octanol–water partition coefficient (Wildman–Crippen LogP) is 1.95. The van der Waals surface area contributed by atoms with Gasteiger partial charge in [-0.1, -0.05) is 23.2 Å². The molecule has 0 aliphatic carbocycles. The highest BCUT2D eigenvalue weighted by atomic mass is 35.5. The number of hydrogen-bond donors (Lipinski definition) is 1. The summed E-state index contributed by atoms with van der Waals surface area (Å²) in [4.78, 5) is 12.4. The number of carbonyl (C=O) groups is 1. The quantitative estimate of drug-likeness (QED) is 0.849. The van der Waals surface area contributed by atoms with Crippen LogP contribution in [0.5, 0.6) is 0 Å². The van der Waals surface area contributed by atoms with Crippen molar-refractivity contribution in [2.24, 2.45) is 0 Å². The number of aliphatic hydroxyl groups excluding tert-OH is 1. The molecule has 0 aliphatic heterocycles. The minimum Gasteiger partial charge on any atom is -0.387 e. The average molecular weight is 234 g/mol. The van der Waals surface area contributed by atoms with Gasteiger partial charge in [-0.3, -0.25) is 4.79 Å². The molecule has 14 heavy (non-hydrogen) atoms. The summed E-state index contributed by atoms with van der Waals surface area (Å²) < 4.78 is 0. The predicted molar refractivity (Wildman–Crippen MR) is 57.0 cm³/mol. The Kier molecular flexibility index (Phi) is 3.75. The van der Waals surface area contributed by atoms with Gasteiger partial charge in [0.25, 0.3) is 5.91 Å². The molecular weight excluding hydrogens is 225 g/mol. The smallest absolute Gasteiger partial charge is 0.252 e. The van der Waals surface area contributed by atoms with Gasteiger partial charge in [0, 0.05) is 22.8 Å². The molecule has 3 nitrogen and oxygen atoms in total. The highest BCUT2D eigenvalue weighted by Crippen LogP contribution is 2.24. The minimum absolute atomic E-state index is 0.414. The third kappa shape index (κ3) is 2.61. The summed E-state index contributed by atoms with van der Waals surface area (Å²) in [6.45, 7) is -0.541. The molecule has 0 atom stereocenters. The lowest BCUT2D eigenvalue weighted by atomic mass is 10.3. The van der Waals surface area contributed by atoms with Crippen molar-refractivity contribution in [1.82, 2.24) is 0 Å². The van der Waals surface area contributed by atoms with Gasteiger partial charge in [0.1, 0.15) is 6.61 Å². The van der Waals surface area contributed by atoms with E-state index < -0.39 is 12.5 Å². The Morgan fingerprint density at radius 3 is 2.29 bits per heavy atom. The Balaban J connectivity index is 3.00. The lowest BCUT2D eigenvalue weighted by Gasteiger charge is -2.16. The van der Waals surface area contributed by atoms with E-state index in [4.69, 9.17) is 28.3 Å². The Morgan fingerprint density at radius 1 is 1.36 bits per heavy atom. The van der Waals surface area contributed by atoms with E-state index >= 15 is 0 Å². The maximum Gasteiger partial charge on any atom is 0.252 e. The summed E-state index contributed by atoms with van der Waals surface area (Å²) in [6.07, 6.45) is 0. The van der Waals surface area contributed by atoms with E-state index in [1.54, 1.807) is 25.2 Å². The first-order valence-electron chi connectivity index (χ1n) is 3.88.